The molecule has 2 heterocycles. The Morgan fingerprint density at radius 2 is 2.24 bits per heavy atom. The van der Waals surface area contributed by atoms with Crippen LogP contribution < -0.4 is 4.74 Å². The summed E-state index contributed by atoms with van der Waals surface area (Å²) in [6.07, 6.45) is 3.78. The van der Waals surface area contributed by atoms with E-state index in [1.165, 1.54) is 5.56 Å². The predicted molar refractivity (Wildman–Crippen MR) is 98.3 cm³/mol. The molecule has 1 aliphatic heterocycles. The van der Waals surface area contributed by atoms with Crippen molar-refractivity contribution < 1.29 is 9.47 Å². The van der Waals surface area contributed by atoms with Gasteiger partial charge in [0.25, 0.3) is 0 Å². The van der Waals surface area contributed by atoms with Gasteiger partial charge in [-0.2, -0.15) is 5.10 Å². The molecule has 136 valence electrons. The molecular weight excluding hydrogens is 316 g/mol. The topological polar surface area (TPSA) is 42.8 Å². The highest BCUT2D eigenvalue weighted by atomic mass is 16.5. The Labute approximate surface area is 149 Å². The molecule has 0 radical (unpaired) electrons. The van der Waals surface area contributed by atoms with Gasteiger partial charge in [-0.05, 0) is 43.9 Å². The second-order valence-corrected chi connectivity index (χ2v) is 6.88. The Bertz CT molecular complexity index is 657. The summed E-state index contributed by atoms with van der Waals surface area (Å²) in [5, 5.41) is 4.39. The Kier molecular flexibility index (Phi) is 6.07. The van der Waals surface area contributed by atoms with E-state index in [4.69, 9.17) is 9.47 Å². The molecule has 1 aromatic carbocycles. The zero-order valence-electron chi connectivity index (χ0n) is 15.4. The third-order valence-electron chi connectivity index (χ3n) is 4.48. The molecule has 0 unspecified atom stereocenters. The first-order valence-corrected chi connectivity index (χ1v) is 8.77. The van der Waals surface area contributed by atoms with E-state index in [9.17, 15) is 0 Å². The number of hydrogen-bond acceptors (Lipinski definition) is 5. The first-order valence-electron chi connectivity index (χ1n) is 8.77. The molecule has 1 aromatic heterocycles. The van der Waals surface area contributed by atoms with Gasteiger partial charge in [0.15, 0.2) is 0 Å². The van der Waals surface area contributed by atoms with Crippen LogP contribution in [0.4, 0.5) is 0 Å². The molecule has 6 heteroatoms. The van der Waals surface area contributed by atoms with Crippen LogP contribution in [-0.2, 0) is 11.3 Å². The van der Waals surface area contributed by atoms with E-state index in [2.05, 4.69) is 41.1 Å². The third kappa shape index (κ3) is 4.81. The largest absolute Gasteiger partial charge is 0.497 e. The van der Waals surface area contributed by atoms with E-state index in [-0.39, 0.29) is 0 Å². The quantitative estimate of drug-likeness (QED) is 0.801. The van der Waals surface area contributed by atoms with E-state index in [1.807, 2.05) is 23.0 Å². The van der Waals surface area contributed by atoms with Crippen molar-refractivity contribution >= 4 is 0 Å². The molecule has 1 atom stereocenters. The Morgan fingerprint density at radius 3 is 2.96 bits per heavy atom. The third-order valence-corrected chi connectivity index (χ3v) is 4.48. The highest BCUT2D eigenvalue weighted by Crippen LogP contribution is 2.23. The average Bonchev–Trinajstić information content (AvgIpc) is 3.03. The maximum Gasteiger partial charge on any atom is 0.119 e. The van der Waals surface area contributed by atoms with Gasteiger partial charge >= 0.3 is 0 Å². The van der Waals surface area contributed by atoms with Crippen molar-refractivity contribution in [2.45, 2.75) is 6.54 Å². The van der Waals surface area contributed by atoms with Gasteiger partial charge in [-0.25, -0.2) is 4.68 Å². The molecule has 6 nitrogen and oxygen atoms in total. The number of benzene rings is 1. The van der Waals surface area contributed by atoms with Crippen LogP contribution in [0.3, 0.4) is 0 Å². The molecule has 0 spiro atoms. The van der Waals surface area contributed by atoms with Crippen molar-refractivity contribution in [1.29, 1.82) is 0 Å². The summed E-state index contributed by atoms with van der Waals surface area (Å²) in [7, 11) is 5.94. The highest BCUT2D eigenvalue weighted by molar-refractivity contribution is 5.45. The van der Waals surface area contributed by atoms with Gasteiger partial charge in [-0.3, -0.25) is 4.90 Å². The smallest absolute Gasteiger partial charge is 0.119 e. The summed E-state index contributed by atoms with van der Waals surface area (Å²) < 4.78 is 13.2. The highest BCUT2D eigenvalue weighted by Gasteiger charge is 2.20. The standard InChI is InChI=1S/C19H28N4O2/c1-21(2)12-16-13-22(9-10-25-15-16)14-17-11-18(24-3)5-6-19(17)23-8-4-7-20-23/h4-8,11,16H,9-10,12-15H2,1-3H3/t16-/m1/s1. The number of rotatable bonds is 6. The van der Waals surface area contributed by atoms with Crippen molar-refractivity contribution in [3.8, 4) is 11.4 Å². The van der Waals surface area contributed by atoms with Crippen LogP contribution in [0, 0.1) is 5.92 Å². The number of nitrogens with zero attached hydrogens (tertiary/aromatic N) is 4. The van der Waals surface area contributed by atoms with Crippen molar-refractivity contribution in [2.75, 3.05) is 54.1 Å². The normalized spacial score (nSPS) is 19.1. The molecule has 0 aliphatic carbocycles. The molecule has 1 saturated heterocycles. The molecule has 0 saturated carbocycles. The lowest BCUT2D eigenvalue weighted by atomic mass is 10.1. The molecule has 1 aliphatic rings. The summed E-state index contributed by atoms with van der Waals surface area (Å²) >= 11 is 0. The molecule has 0 amide bonds. The van der Waals surface area contributed by atoms with Crippen molar-refractivity contribution in [3.63, 3.8) is 0 Å². The summed E-state index contributed by atoms with van der Waals surface area (Å²) in [5.41, 5.74) is 2.31. The van der Waals surface area contributed by atoms with Crippen molar-refractivity contribution in [3.05, 3.63) is 42.2 Å². The molecule has 1 fully saturated rings. The number of methoxy groups -OCH3 is 1. The van der Waals surface area contributed by atoms with Crippen molar-refractivity contribution in [1.82, 2.24) is 19.6 Å². The second kappa shape index (κ2) is 8.47. The van der Waals surface area contributed by atoms with Gasteiger partial charge in [0.05, 0.1) is 26.0 Å². The molecular formula is C19H28N4O2. The summed E-state index contributed by atoms with van der Waals surface area (Å²) in [6, 6.07) is 8.12. The van der Waals surface area contributed by atoms with Gasteiger partial charge in [0.2, 0.25) is 0 Å². The van der Waals surface area contributed by atoms with Crippen LogP contribution in [0.25, 0.3) is 5.69 Å². The fraction of sp³-hybridized carbons (Fsp3) is 0.526. The Morgan fingerprint density at radius 1 is 1.36 bits per heavy atom. The predicted octanol–water partition coefficient (Wildman–Crippen LogP) is 1.89. The van der Waals surface area contributed by atoms with E-state index < -0.39 is 0 Å². The fourth-order valence-electron chi connectivity index (χ4n) is 3.41. The maximum absolute atomic E-state index is 5.81. The number of ether oxygens (including phenoxy) is 2. The van der Waals surface area contributed by atoms with Crippen LogP contribution in [0.2, 0.25) is 0 Å². The van der Waals surface area contributed by atoms with Gasteiger partial charge in [0.1, 0.15) is 5.75 Å². The SMILES string of the molecule is COc1ccc(-n2cccn2)c(CN2CCOC[C@H](CN(C)C)C2)c1. The van der Waals surface area contributed by atoms with Crippen LogP contribution in [0.1, 0.15) is 5.56 Å². The Hall–Kier alpha value is -1.89. The molecule has 2 aromatic rings. The minimum atomic E-state index is 0.524. The van der Waals surface area contributed by atoms with E-state index in [1.54, 1.807) is 13.3 Å². The maximum atomic E-state index is 5.81. The zero-order chi connectivity index (χ0) is 17.6. The summed E-state index contributed by atoms with van der Waals surface area (Å²) in [5.74, 6) is 1.40. The lowest BCUT2D eigenvalue weighted by Gasteiger charge is -2.26. The van der Waals surface area contributed by atoms with Gasteiger partial charge < -0.3 is 14.4 Å². The fourth-order valence-corrected chi connectivity index (χ4v) is 3.41. The van der Waals surface area contributed by atoms with Crippen LogP contribution in [0.15, 0.2) is 36.7 Å². The number of aromatic nitrogens is 2. The van der Waals surface area contributed by atoms with E-state index >= 15 is 0 Å². The second-order valence-electron chi connectivity index (χ2n) is 6.88. The molecule has 0 N–H and O–H groups in total. The van der Waals surface area contributed by atoms with Crippen LogP contribution >= 0.6 is 0 Å². The first kappa shape index (κ1) is 17.9. The van der Waals surface area contributed by atoms with E-state index in [0.29, 0.717) is 5.92 Å². The van der Waals surface area contributed by atoms with Gasteiger partial charge in [0, 0.05) is 44.5 Å². The van der Waals surface area contributed by atoms with Crippen molar-refractivity contribution in [2.24, 2.45) is 5.92 Å². The molecule has 3 rings (SSSR count). The lowest BCUT2D eigenvalue weighted by molar-refractivity contribution is 0.112. The average molecular weight is 344 g/mol. The molecule has 0 bridgehead atoms. The first-order chi connectivity index (χ1) is 12.2. The zero-order valence-corrected chi connectivity index (χ0v) is 15.4. The lowest BCUT2D eigenvalue weighted by Crippen LogP contribution is -2.34. The number of hydrogen-bond donors (Lipinski definition) is 0. The monoisotopic (exact) mass is 344 g/mol. The van der Waals surface area contributed by atoms with Gasteiger partial charge in [-0.15, -0.1) is 0 Å². The summed E-state index contributed by atoms with van der Waals surface area (Å²) in [6.45, 7) is 5.50. The van der Waals surface area contributed by atoms with Crippen LogP contribution in [0.5, 0.6) is 5.75 Å². The Balaban J connectivity index is 1.80. The minimum absolute atomic E-state index is 0.524. The van der Waals surface area contributed by atoms with Crippen LogP contribution in [-0.4, -0.2) is 73.6 Å². The minimum Gasteiger partial charge on any atom is -0.497 e. The van der Waals surface area contributed by atoms with E-state index in [0.717, 1.165) is 50.8 Å². The van der Waals surface area contributed by atoms with Gasteiger partial charge in [-0.1, -0.05) is 0 Å². The summed E-state index contributed by atoms with van der Waals surface area (Å²) in [4.78, 5) is 4.71. The molecule has 25 heavy (non-hydrogen) atoms.